The lowest BCUT2D eigenvalue weighted by Crippen LogP contribution is -2.23. The summed E-state index contributed by atoms with van der Waals surface area (Å²) in [4.78, 5) is 12.1. The fourth-order valence-corrected chi connectivity index (χ4v) is 3.05. The third-order valence-corrected chi connectivity index (χ3v) is 4.43. The number of ether oxygens (including phenoxy) is 5. The van der Waals surface area contributed by atoms with Crippen LogP contribution in [0.1, 0.15) is 11.1 Å². The fraction of sp³-hybridized carbons (Fsp3) is 0.286. The molecule has 2 heterocycles. The van der Waals surface area contributed by atoms with E-state index in [1.54, 1.807) is 13.2 Å². The number of hydrogen-bond acceptors (Lipinski definition) is 6. The fourth-order valence-electron chi connectivity index (χ4n) is 3.05. The molecule has 0 spiro atoms. The number of carbonyl (C=O) groups excluding carboxylic acids is 1. The van der Waals surface area contributed by atoms with Crippen LogP contribution >= 0.6 is 0 Å². The van der Waals surface area contributed by atoms with Crippen LogP contribution < -0.4 is 29.0 Å². The van der Waals surface area contributed by atoms with Crippen LogP contribution in [0.4, 0.5) is 0 Å². The quantitative estimate of drug-likeness (QED) is 0.773. The van der Waals surface area contributed by atoms with Gasteiger partial charge in [-0.25, -0.2) is 0 Å². The van der Waals surface area contributed by atoms with Gasteiger partial charge < -0.3 is 29.0 Å². The molecule has 0 atom stereocenters. The molecule has 1 N–H and O–H groups in total. The first-order valence-electron chi connectivity index (χ1n) is 9.05. The smallest absolute Gasteiger partial charge is 0.244 e. The van der Waals surface area contributed by atoms with Gasteiger partial charge in [0.1, 0.15) is 13.2 Å². The second kappa shape index (κ2) is 8.12. The SMILES string of the molecule is COc1cc(/C=C/C(=O)NCCc2ccc3c(c2)OCO3)cc2c1OCCO2. The maximum atomic E-state index is 12.1. The van der Waals surface area contributed by atoms with Gasteiger partial charge in [0.2, 0.25) is 18.4 Å². The molecule has 4 rings (SSSR count). The van der Waals surface area contributed by atoms with E-state index in [1.807, 2.05) is 30.3 Å². The maximum absolute atomic E-state index is 12.1. The van der Waals surface area contributed by atoms with E-state index in [-0.39, 0.29) is 12.7 Å². The van der Waals surface area contributed by atoms with Crippen molar-refractivity contribution < 1.29 is 28.5 Å². The molecule has 2 aliphatic rings. The highest BCUT2D eigenvalue weighted by Crippen LogP contribution is 2.40. The van der Waals surface area contributed by atoms with Crippen molar-refractivity contribution in [2.24, 2.45) is 0 Å². The Kier molecular flexibility index (Phi) is 5.23. The van der Waals surface area contributed by atoms with Crippen LogP contribution in [-0.2, 0) is 11.2 Å². The molecule has 7 heteroatoms. The minimum absolute atomic E-state index is 0.172. The molecule has 0 radical (unpaired) electrons. The summed E-state index contributed by atoms with van der Waals surface area (Å²) in [5, 5.41) is 2.88. The van der Waals surface area contributed by atoms with Gasteiger partial charge in [0.15, 0.2) is 23.0 Å². The Morgan fingerprint density at radius 2 is 1.93 bits per heavy atom. The molecule has 7 nitrogen and oxygen atoms in total. The van der Waals surface area contributed by atoms with Gasteiger partial charge in [-0.05, 0) is 47.9 Å². The van der Waals surface area contributed by atoms with E-state index >= 15 is 0 Å². The zero-order valence-corrected chi connectivity index (χ0v) is 15.5. The lowest BCUT2D eigenvalue weighted by atomic mass is 10.1. The van der Waals surface area contributed by atoms with E-state index in [1.165, 1.54) is 6.08 Å². The number of carbonyl (C=O) groups is 1. The third-order valence-electron chi connectivity index (χ3n) is 4.43. The molecule has 1 amide bonds. The first-order chi connectivity index (χ1) is 13.7. The topological polar surface area (TPSA) is 75.3 Å². The highest BCUT2D eigenvalue weighted by molar-refractivity contribution is 5.91. The number of benzene rings is 2. The van der Waals surface area contributed by atoms with Crippen molar-refractivity contribution in [2.75, 3.05) is 33.7 Å². The molecule has 2 aliphatic heterocycles. The minimum atomic E-state index is -0.172. The van der Waals surface area contributed by atoms with Crippen LogP contribution in [0.3, 0.4) is 0 Å². The molecule has 0 bridgehead atoms. The van der Waals surface area contributed by atoms with Crippen LogP contribution in [-0.4, -0.2) is 39.6 Å². The molecular formula is C21H21NO6. The zero-order valence-electron chi connectivity index (χ0n) is 15.5. The number of nitrogens with one attached hydrogen (secondary N) is 1. The van der Waals surface area contributed by atoms with Gasteiger partial charge in [-0.1, -0.05) is 6.07 Å². The van der Waals surface area contributed by atoms with Gasteiger partial charge in [-0.2, -0.15) is 0 Å². The van der Waals surface area contributed by atoms with Gasteiger partial charge in [-0.3, -0.25) is 4.79 Å². The van der Waals surface area contributed by atoms with Gasteiger partial charge >= 0.3 is 0 Å². The number of methoxy groups -OCH3 is 1. The average Bonchev–Trinajstić information content (AvgIpc) is 3.19. The lowest BCUT2D eigenvalue weighted by molar-refractivity contribution is -0.116. The van der Waals surface area contributed by atoms with Crippen molar-refractivity contribution >= 4 is 12.0 Å². The molecule has 2 aromatic rings. The van der Waals surface area contributed by atoms with Crippen molar-refractivity contribution in [2.45, 2.75) is 6.42 Å². The van der Waals surface area contributed by atoms with Crippen LogP contribution in [0, 0.1) is 0 Å². The highest BCUT2D eigenvalue weighted by atomic mass is 16.7. The van der Waals surface area contributed by atoms with Gasteiger partial charge in [-0.15, -0.1) is 0 Å². The summed E-state index contributed by atoms with van der Waals surface area (Å²) in [5.41, 5.74) is 1.87. The van der Waals surface area contributed by atoms with E-state index in [4.69, 9.17) is 23.7 Å². The lowest BCUT2D eigenvalue weighted by Gasteiger charge is -2.20. The van der Waals surface area contributed by atoms with E-state index in [0.717, 1.165) is 22.6 Å². The molecule has 0 aromatic heterocycles. The number of amides is 1. The predicted octanol–water partition coefficient (Wildman–Crippen LogP) is 2.57. The van der Waals surface area contributed by atoms with E-state index in [0.29, 0.717) is 43.4 Å². The highest BCUT2D eigenvalue weighted by Gasteiger charge is 2.18. The summed E-state index contributed by atoms with van der Waals surface area (Å²) in [6.45, 7) is 1.76. The summed E-state index contributed by atoms with van der Waals surface area (Å²) < 4.78 is 27.2. The summed E-state index contributed by atoms with van der Waals surface area (Å²) >= 11 is 0. The summed E-state index contributed by atoms with van der Waals surface area (Å²) in [6, 6.07) is 9.43. The van der Waals surface area contributed by atoms with Gasteiger partial charge in [0.05, 0.1) is 7.11 Å². The Balaban J connectivity index is 1.33. The van der Waals surface area contributed by atoms with Crippen LogP contribution in [0.5, 0.6) is 28.7 Å². The summed E-state index contributed by atoms with van der Waals surface area (Å²) in [5.74, 6) is 3.13. The molecule has 0 saturated carbocycles. The summed E-state index contributed by atoms with van der Waals surface area (Å²) in [7, 11) is 1.57. The molecule has 0 aliphatic carbocycles. The minimum Gasteiger partial charge on any atom is -0.493 e. The second-order valence-corrected chi connectivity index (χ2v) is 6.31. The molecule has 0 saturated heterocycles. The van der Waals surface area contributed by atoms with Crippen molar-refractivity contribution in [3.63, 3.8) is 0 Å². The first-order valence-corrected chi connectivity index (χ1v) is 9.05. The van der Waals surface area contributed by atoms with Crippen molar-refractivity contribution in [1.82, 2.24) is 5.32 Å². The Morgan fingerprint density at radius 1 is 1.07 bits per heavy atom. The van der Waals surface area contributed by atoms with E-state index < -0.39 is 0 Å². The zero-order chi connectivity index (χ0) is 19.3. The standard InChI is InChI=1S/C21H21NO6/c1-24-18-11-15(12-19-21(18)26-9-8-25-19)3-5-20(23)22-7-6-14-2-4-16-17(10-14)28-13-27-16/h2-5,10-12H,6-9,13H2,1H3,(H,22,23)/b5-3+. The van der Waals surface area contributed by atoms with Gasteiger partial charge in [0.25, 0.3) is 0 Å². The Labute approximate surface area is 162 Å². The van der Waals surface area contributed by atoms with Gasteiger partial charge in [0, 0.05) is 12.6 Å². The van der Waals surface area contributed by atoms with E-state index in [2.05, 4.69) is 5.32 Å². The molecule has 0 fully saturated rings. The van der Waals surface area contributed by atoms with E-state index in [9.17, 15) is 4.79 Å². The number of fused-ring (bicyclic) bond motifs is 2. The van der Waals surface area contributed by atoms with Crippen LogP contribution in [0.25, 0.3) is 6.08 Å². The Hall–Kier alpha value is -3.35. The molecule has 0 unspecified atom stereocenters. The molecular weight excluding hydrogens is 362 g/mol. The van der Waals surface area contributed by atoms with Crippen LogP contribution in [0.2, 0.25) is 0 Å². The molecule has 2 aromatic carbocycles. The Morgan fingerprint density at radius 3 is 2.82 bits per heavy atom. The number of hydrogen-bond donors (Lipinski definition) is 1. The van der Waals surface area contributed by atoms with Crippen molar-refractivity contribution in [3.05, 3.63) is 47.5 Å². The largest absolute Gasteiger partial charge is 0.493 e. The van der Waals surface area contributed by atoms with Crippen molar-refractivity contribution in [3.8, 4) is 28.7 Å². The molecule has 146 valence electrons. The second-order valence-electron chi connectivity index (χ2n) is 6.31. The third kappa shape index (κ3) is 3.98. The number of rotatable bonds is 6. The maximum Gasteiger partial charge on any atom is 0.244 e. The molecule has 28 heavy (non-hydrogen) atoms. The predicted molar refractivity (Wildman–Crippen MR) is 102 cm³/mol. The Bertz CT molecular complexity index is 891. The first kappa shape index (κ1) is 18.0. The average molecular weight is 383 g/mol. The monoisotopic (exact) mass is 383 g/mol. The van der Waals surface area contributed by atoms with Crippen molar-refractivity contribution in [1.29, 1.82) is 0 Å². The summed E-state index contributed by atoms with van der Waals surface area (Å²) in [6.07, 6.45) is 3.91. The van der Waals surface area contributed by atoms with Crippen LogP contribution in [0.15, 0.2) is 36.4 Å². The normalized spacial score (nSPS) is 14.2.